The molecule has 2 heterocycles. The maximum Gasteiger partial charge on any atom is 0.226 e. The van der Waals surface area contributed by atoms with Crippen LogP contribution in [-0.2, 0) is 16.0 Å². The molecule has 0 unspecified atom stereocenters. The number of ether oxygens (including phenoxy) is 1. The normalized spacial score (nSPS) is 28.3. The number of rotatable bonds is 3. The molecule has 1 saturated heterocycles. The zero-order chi connectivity index (χ0) is 15.5. The zero-order valence-corrected chi connectivity index (χ0v) is 13.2. The molecule has 2 aliphatic rings. The van der Waals surface area contributed by atoms with Crippen LogP contribution in [0.2, 0.25) is 0 Å². The smallest absolute Gasteiger partial charge is 0.226 e. The molecule has 120 valence electrons. The first kappa shape index (κ1) is 15.5. The third-order valence-corrected chi connectivity index (χ3v) is 5.04. The van der Waals surface area contributed by atoms with Crippen LogP contribution >= 0.6 is 0 Å². The minimum Gasteiger partial charge on any atom is -0.394 e. The third-order valence-electron chi connectivity index (χ3n) is 5.04. The van der Waals surface area contributed by atoms with Crippen LogP contribution in [0.3, 0.4) is 0 Å². The summed E-state index contributed by atoms with van der Waals surface area (Å²) >= 11 is 0. The minimum atomic E-state index is -0.194. The first-order chi connectivity index (χ1) is 10.7. The molecule has 2 aliphatic heterocycles. The van der Waals surface area contributed by atoms with Gasteiger partial charge >= 0.3 is 0 Å². The van der Waals surface area contributed by atoms with E-state index in [1.165, 1.54) is 5.56 Å². The van der Waals surface area contributed by atoms with Crippen LogP contribution < -0.4 is 0 Å². The monoisotopic (exact) mass is 303 g/mol. The SMILES string of the molecule is CC[C@@H]1C[C@H](C(=O)N2CCc3ccccc3[C@@H]2CO)CCO1. The second kappa shape index (κ2) is 6.80. The quantitative estimate of drug-likeness (QED) is 0.932. The maximum atomic E-state index is 13.0. The van der Waals surface area contributed by atoms with E-state index >= 15 is 0 Å². The summed E-state index contributed by atoms with van der Waals surface area (Å²) in [6.07, 6.45) is 3.64. The lowest BCUT2D eigenvalue weighted by Gasteiger charge is -2.40. The van der Waals surface area contributed by atoms with E-state index in [4.69, 9.17) is 4.74 Å². The van der Waals surface area contributed by atoms with Crippen molar-refractivity contribution < 1.29 is 14.6 Å². The Morgan fingerprint density at radius 3 is 3.00 bits per heavy atom. The van der Waals surface area contributed by atoms with Gasteiger partial charge in [0.25, 0.3) is 0 Å². The molecule has 4 heteroatoms. The fourth-order valence-electron chi connectivity index (χ4n) is 3.74. The Morgan fingerprint density at radius 1 is 1.41 bits per heavy atom. The van der Waals surface area contributed by atoms with E-state index in [0.29, 0.717) is 13.2 Å². The third kappa shape index (κ3) is 2.90. The van der Waals surface area contributed by atoms with Crippen molar-refractivity contribution in [2.24, 2.45) is 5.92 Å². The average molecular weight is 303 g/mol. The highest BCUT2D eigenvalue weighted by molar-refractivity contribution is 5.80. The van der Waals surface area contributed by atoms with Gasteiger partial charge in [-0.25, -0.2) is 0 Å². The molecule has 0 spiro atoms. The van der Waals surface area contributed by atoms with Gasteiger partial charge in [0.05, 0.1) is 18.8 Å². The van der Waals surface area contributed by atoms with Crippen molar-refractivity contribution in [3.8, 4) is 0 Å². The summed E-state index contributed by atoms with van der Waals surface area (Å²) in [7, 11) is 0. The van der Waals surface area contributed by atoms with Gasteiger partial charge in [-0.3, -0.25) is 4.79 Å². The van der Waals surface area contributed by atoms with Crippen LogP contribution in [0.1, 0.15) is 43.4 Å². The van der Waals surface area contributed by atoms with Gasteiger partial charge in [-0.05, 0) is 36.8 Å². The summed E-state index contributed by atoms with van der Waals surface area (Å²) in [5.74, 6) is 0.230. The molecule has 4 nitrogen and oxygen atoms in total. The molecule has 22 heavy (non-hydrogen) atoms. The molecule has 1 aromatic carbocycles. The lowest BCUT2D eigenvalue weighted by Crippen LogP contribution is -2.46. The Hall–Kier alpha value is -1.39. The van der Waals surface area contributed by atoms with E-state index in [1.54, 1.807) is 0 Å². The van der Waals surface area contributed by atoms with Gasteiger partial charge < -0.3 is 14.7 Å². The van der Waals surface area contributed by atoms with E-state index in [9.17, 15) is 9.90 Å². The number of carbonyl (C=O) groups is 1. The van der Waals surface area contributed by atoms with Crippen LogP contribution in [0.5, 0.6) is 0 Å². The highest BCUT2D eigenvalue weighted by Crippen LogP contribution is 2.33. The number of nitrogens with zero attached hydrogens (tertiary/aromatic N) is 1. The molecule has 0 aromatic heterocycles. The minimum absolute atomic E-state index is 0.0107. The Morgan fingerprint density at radius 2 is 2.23 bits per heavy atom. The first-order valence-electron chi connectivity index (χ1n) is 8.35. The Labute approximate surface area is 132 Å². The number of aliphatic hydroxyl groups excluding tert-OH is 1. The van der Waals surface area contributed by atoms with Crippen LogP contribution in [0.4, 0.5) is 0 Å². The first-order valence-corrected chi connectivity index (χ1v) is 8.35. The number of carbonyl (C=O) groups excluding carboxylic acids is 1. The van der Waals surface area contributed by atoms with E-state index in [0.717, 1.165) is 31.2 Å². The molecule has 1 amide bonds. The molecular formula is C18H25NO3. The Kier molecular flexibility index (Phi) is 4.79. The Bertz CT molecular complexity index is 531. The summed E-state index contributed by atoms with van der Waals surface area (Å²) in [4.78, 5) is 14.8. The van der Waals surface area contributed by atoms with E-state index < -0.39 is 0 Å². The molecule has 0 bridgehead atoms. The second-order valence-electron chi connectivity index (χ2n) is 6.30. The summed E-state index contributed by atoms with van der Waals surface area (Å²) in [6, 6.07) is 7.95. The van der Waals surface area contributed by atoms with Gasteiger partial charge in [0.1, 0.15) is 0 Å². The number of amides is 1. The molecule has 1 N–H and O–H groups in total. The Balaban J connectivity index is 1.78. The van der Waals surface area contributed by atoms with Crippen molar-refractivity contribution in [2.45, 2.75) is 44.8 Å². The van der Waals surface area contributed by atoms with Crippen LogP contribution in [0.25, 0.3) is 0 Å². The lowest BCUT2D eigenvalue weighted by atomic mass is 9.88. The largest absolute Gasteiger partial charge is 0.394 e. The fourth-order valence-corrected chi connectivity index (χ4v) is 3.74. The highest BCUT2D eigenvalue weighted by Gasteiger charge is 2.36. The van der Waals surface area contributed by atoms with Gasteiger partial charge in [-0.1, -0.05) is 31.2 Å². The number of hydrogen-bond acceptors (Lipinski definition) is 3. The van der Waals surface area contributed by atoms with Gasteiger partial charge in [-0.15, -0.1) is 0 Å². The topological polar surface area (TPSA) is 49.8 Å². The summed E-state index contributed by atoms with van der Waals surface area (Å²) < 4.78 is 5.68. The highest BCUT2D eigenvalue weighted by atomic mass is 16.5. The number of hydrogen-bond donors (Lipinski definition) is 1. The molecule has 3 rings (SSSR count). The molecule has 1 fully saturated rings. The molecule has 3 atom stereocenters. The fraction of sp³-hybridized carbons (Fsp3) is 0.611. The van der Waals surface area contributed by atoms with Gasteiger partial charge in [0, 0.05) is 19.1 Å². The molecule has 0 radical (unpaired) electrons. The molecular weight excluding hydrogens is 278 g/mol. The van der Waals surface area contributed by atoms with E-state index in [2.05, 4.69) is 13.0 Å². The molecule has 0 saturated carbocycles. The van der Waals surface area contributed by atoms with Crippen molar-refractivity contribution in [1.82, 2.24) is 4.90 Å². The van der Waals surface area contributed by atoms with Crippen molar-refractivity contribution in [3.63, 3.8) is 0 Å². The van der Waals surface area contributed by atoms with E-state index in [-0.39, 0.29) is 30.6 Å². The lowest BCUT2D eigenvalue weighted by molar-refractivity contribution is -0.144. The average Bonchev–Trinajstić information content (AvgIpc) is 2.60. The summed E-state index contributed by atoms with van der Waals surface area (Å²) in [6.45, 7) is 3.47. The van der Waals surface area contributed by atoms with Crippen LogP contribution in [0, 0.1) is 5.92 Å². The van der Waals surface area contributed by atoms with Gasteiger partial charge in [-0.2, -0.15) is 0 Å². The van der Waals surface area contributed by atoms with Crippen molar-refractivity contribution in [3.05, 3.63) is 35.4 Å². The number of aliphatic hydroxyl groups is 1. The molecule has 1 aromatic rings. The van der Waals surface area contributed by atoms with Crippen LogP contribution in [-0.4, -0.2) is 41.8 Å². The van der Waals surface area contributed by atoms with Crippen LogP contribution in [0.15, 0.2) is 24.3 Å². The standard InChI is InChI=1S/C18H25NO3/c1-2-15-11-14(8-10-22-15)18(21)19-9-7-13-5-3-4-6-16(13)17(19)12-20/h3-6,14-15,17,20H,2,7-12H2,1H3/t14-,15-,17+/m1/s1. The van der Waals surface area contributed by atoms with Gasteiger partial charge in [0.2, 0.25) is 5.91 Å². The van der Waals surface area contributed by atoms with E-state index in [1.807, 2.05) is 23.1 Å². The maximum absolute atomic E-state index is 13.0. The predicted octanol–water partition coefficient (Wildman–Crippen LogP) is 2.31. The second-order valence-corrected chi connectivity index (χ2v) is 6.30. The molecule has 0 aliphatic carbocycles. The van der Waals surface area contributed by atoms with Crippen molar-refractivity contribution in [1.29, 1.82) is 0 Å². The zero-order valence-electron chi connectivity index (χ0n) is 13.2. The van der Waals surface area contributed by atoms with Crippen molar-refractivity contribution in [2.75, 3.05) is 19.8 Å². The van der Waals surface area contributed by atoms with Gasteiger partial charge in [0.15, 0.2) is 0 Å². The summed E-state index contributed by atoms with van der Waals surface area (Å²) in [5, 5.41) is 9.84. The number of benzene rings is 1. The number of fused-ring (bicyclic) bond motifs is 1. The summed E-state index contributed by atoms with van der Waals surface area (Å²) in [5.41, 5.74) is 2.35. The van der Waals surface area contributed by atoms with Crippen molar-refractivity contribution >= 4 is 5.91 Å². The predicted molar refractivity (Wildman–Crippen MR) is 84.4 cm³/mol.